The molecule has 3 heterocycles. The number of carbonyl (C=O) groups is 2. The number of rotatable bonds is 19. The maximum absolute atomic E-state index is 13.4. The highest BCUT2D eigenvalue weighted by Crippen LogP contribution is 2.32. The van der Waals surface area contributed by atoms with Gasteiger partial charge in [0.15, 0.2) is 0 Å². The monoisotopic (exact) mass is 664 g/mol. The van der Waals surface area contributed by atoms with Crippen LogP contribution in [0, 0.1) is 5.92 Å². The zero-order valence-electron chi connectivity index (χ0n) is 27.6. The Hall–Kier alpha value is -3.94. The number of pyridine rings is 1. The van der Waals surface area contributed by atoms with E-state index in [0.29, 0.717) is 43.1 Å². The molecule has 1 aromatic carbocycles. The molecular weight excluding hydrogens is 616 g/mol. The first-order chi connectivity index (χ1) is 22.6. The molecule has 254 valence electrons. The molecule has 0 aliphatic rings. The van der Waals surface area contributed by atoms with E-state index < -0.39 is 11.9 Å². The molecule has 47 heavy (non-hydrogen) atoms. The number of anilines is 1. The van der Waals surface area contributed by atoms with E-state index in [1.807, 2.05) is 18.2 Å². The van der Waals surface area contributed by atoms with Gasteiger partial charge in [-0.05, 0) is 62.1 Å². The van der Waals surface area contributed by atoms with Gasteiger partial charge < -0.3 is 31.8 Å². The molecule has 0 aliphatic heterocycles. The fraction of sp³-hybridized carbons (Fsp3) is 0.500. The Morgan fingerprint density at radius 1 is 1.09 bits per heavy atom. The van der Waals surface area contributed by atoms with E-state index in [1.165, 1.54) is 4.68 Å². The standard InChI is InChI=1S/C34H48N8O4S/c1-22(2)18-28-25-21-42(34(47-17-9-16-43)31(25)33(46)41(3)40-28)20-23-19-30(39-27-11-6-5-10-24(23)27)37-14-7-4-8-15-38-32(45)26(35)12-13-29(36)44/h5-6,10-11,19,21-22,26,43H,4,7-9,12-18,20,35H2,1-3H3,(H2,36,44)(H,37,39)(H,38,45)/t26-/m0/s1. The van der Waals surface area contributed by atoms with Gasteiger partial charge in [-0.1, -0.05) is 32.0 Å². The lowest BCUT2D eigenvalue weighted by Gasteiger charge is -2.14. The summed E-state index contributed by atoms with van der Waals surface area (Å²) in [7, 11) is 1.71. The number of aromatic nitrogens is 4. The van der Waals surface area contributed by atoms with Crippen molar-refractivity contribution in [3.05, 3.63) is 58.1 Å². The van der Waals surface area contributed by atoms with Crippen LogP contribution in [0.5, 0.6) is 0 Å². The predicted octanol–water partition coefficient (Wildman–Crippen LogP) is 3.30. The maximum atomic E-state index is 13.4. The van der Waals surface area contributed by atoms with Crippen molar-refractivity contribution in [2.75, 3.05) is 30.8 Å². The fourth-order valence-electron chi connectivity index (χ4n) is 5.52. The van der Waals surface area contributed by atoms with Crippen molar-refractivity contribution >= 4 is 51.1 Å². The van der Waals surface area contributed by atoms with Crippen LogP contribution in [0.4, 0.5) is 5.82 Å². The van der Waals surface area contributed by atoms with Crippen LogP contribution in [0.3, 0.4) is 0 Å². The molecular formula is C34H48N8O4S. The number of fused-ring (bicyclic) bond motifs is 2. The van der Waals surface area contributed by atoms with Gasteiger partial charge in [-0.15, -0.1) is 11.8 Å². The highest BCUT2D eigenvalue weighted by atomic mass is 32.2. The number of thioether (sulfide) groups is 1. The second-order valence-corrected chi connectivity index (χ2v) is 13.4. The molecule has 12 nitrogen and oxygen atoms in total. The number of aliphatic hydroxyl groups excluding tert-OH is 1. The summed E-state index contributed by atoms with van der Waals surface area (Å²) >= 11 is 1.60. The van der Waals surface area contributed by atoms with Gasteiger partial charge in [0, 0.05) is 62.4 Å². The number of nitrogens with zero attached hydrogens (tertiary/aromatic N) is 4. The zero-order valence-corrected chi connectivity index (χ0v) is 28.4. The summed E-state index contributed by atoms with van der Waals surface area (Å²) in [6.45, 7) is 6.16. The summed E-state index contributed by atoms with van der Waals surface area (Å²) in [5.41, 5.74) is 13.7. The number of benzene rings is 1. The van der Waals surface area contributed by atoms with Crippen LogP contribution in [-0.4, -0.2) is 67.7 Å². The molecule has 13 heteroatoms. The minimum atomic E-state index is -0.735. The zero-order chi connectivity index (χ0) is 33.9. The first kappa shape index (κ1) is 35.9. The number of amides is 2. The third kappa shape index (κ3) is 9.78. The summed E-state index contributed by atoms with van der Waals surface area (Å²) in [4.78, 5) is 41.3. The van der Waals surface area contributed by atoms with E-state index in [1.54, 1.807) is 18.8 Å². The minimum absolute atomic E-state index is 0.0916. The lowest BCUT2D eigenvalue weighted by atomic mass is 10.1. The molecule has 0 spiro atoms. The summed E-state index contributed by atoms with van der Waals surface area (Å²) in [6, 6.07) is 9.40. The molecule has 0 radical (unpaired) electrons. The third-order valence-electron chi connectivity index (χ3n) is 7.90. The molecule has 0 saturated carbocycles. The number of para-hydroxylation sites is 1. The average Bonchev–Trinajstić information content (AvgIpc) is 3.39. The van der Waals surface area contributed by atoms with Crippen LogP contribution in [0.15, 0.2) is 46.3 Å². The Balaban J connectivity index is 1.49. The number of nitrogens with two attached hydrogens (primary N) is 2. The summed E-state index contributed by atoms with van der Waals surface area (Å²) in [5, 5.41) is 23.9. The molecule has 4 rings (SSSR count). The maximum Gasteiger partial charge on any atom is 0.277 e. The molecule has 0 unspecified atom stereocenters. The molecule has 0 fully saturated rings. The van der Waals surface area contributed by atoms with Gasteiger partial charge in [0.2, 0.25) is 11.8 Å². The Labute approximate surface area is 279 Å². The van der Waals surface area contributed by atoms with Crippen molar-refractivity contribution < 1.29 is 14.7 Å². The molecule has 1 atom stereocenters. The third-order valence-corrected chi connectivity index (χ3v) is 9.11. The van der Waals surface area contributed by atoms with Crippen LogP contribution in [0.2, 0.25) is 0 Å². The molecule has 2 amide bonds. The number of hydrogen-bond acceptors (Lipinski definition) is 9. The Morgan fingerprint density at radius 3 is 2.60 bits per heavy atom. The second kappa shape index (κ2) is 17.3. The molecule has 7 N–H and O–H groups in total. The van der Waals surface area contributed by atoms with Crippen molar-refractivity contribution in [1.82, 2.24) is 24.6 Å². The average molecular weight is 665 g/mol. The van der Waals surface area contributed by atoms with Crippen molar-refractivity contribution in [3.63, 3.8) is 0 Å². The van der Waals surface area contributed by atoms with E-state index in [2.05, 4.69) is 52.5 Å². The number of carbonyl (C=O) groups excluding carboxylic acids is 2. The number of aryl methyl sites for hydroxylation is 1. The SMILES string of the molecule is CC(C)Cc1nn(C)c(=O)c2c(SCCCO)n(Cc3cc(NCCCCCNC(=O)[C@@H](N)CCC(N)=O)nc4ccccc34)cc12. The summed E-state index contributed by atoms with van der Waals surface area (Å²) in [5.74, 6) is 1.11. The van der Waals surface area contributed by atoms with Crippen LogP contribution >= 0.6 is 11.8 Å². The van der Waals surface area contributed by atoms with Crippen molar-refractivity contribution in [2.45, 2.75) is 76.4 Å². The lowest BCUT2D eigenvalue weighted by molar-refractivity contribution is -0.122. The smallest absolute Gasteiger partial charge is 0.277 e. The summed E-state index contributed by atoms with van der Waals surface area (Å²) in [6.07, 6.45) is 6.38. The van der Waals surface area contributed by atoms with Crippen LogP contribution < -0.4 is 27.7 Å². The molecule has 0 aliphatic carbocycles. The van der Waals surface area contributed by atoms with Gasteiger partial charge in [-0.3, -0.25) is 14.4 Å². The fourth-order valence-corrected chi connectivity index (χ4v) is 6.61. The largest absolute Gasteiger partial charge is 0.396 e. The Bertz CT molecular complexity index is 1730. The predicted molar refractivity (Wildman–Crippen MR) is 189 cm³/mol. The topological polar surface area (TPSA) is 183 Å². The second-order valence-electron chi connectivity index (χ2n) is 12.3. The minimum Gasteiger partial charge on any atom is -0.396 e. The van der Waals surface area contributed by atoms with Gasteiger partial charge in [0.1, 0.15) is 5.82 Å². The number of nitrogens with one attached hydrogen (secondary N) is 2. The molecule has 3 aromatic heterocycles. The normalized spacial score (nSPS) is 12.2. The number of aliphatic hydroxyl groups is 1. The quantitative estimate of drug-likeness (QED) is 0.0742. The number of hydrogen-bond donors (Lipinski definition) is 5. The Morgan fingerprint density at radius 2 is 1.85 bits per heavy atom. The van der Waals surface area contributed by atoms with Crippen LogP contribution in [0.25, 0.3) is 21.7 Å². The van der Waals surface area contributed by atoms with Crippen molar-refractivity contribution in [1.29, 1.82) is 0 Å². The highest BCUT2D eigenvalue weighted by Gasteiger charge is 2.20. The van der Waals surface area contributed by atoms with Gasteiger partial charge in [-0.25, -0.2) is 9.67 Å². The van der Waals surface area contributed by atoms with Crippen LogP contribution in [-0.2, 0) is 29.6 Å². The number of primary amides is 1. The molecule has 4 aromatic rings. The van der Waals surface area contributed by atoms with Crippen molar-refractivity contribution in [2.24, 2.45) is 24.4 Å². The first-order valence-electron chi connectivity index (χ1n) is 16.4. The van der Waals surface area contributed by atoms with E-state index in [0.717, 1.165) is 64.1 Å². The Kier molecular flexibility index (Phi) is 13.2. The first-order valence-corrected chi connectivity index (χ1v) is 17.3. The van der Waals surface area contributed by atoms with E-state index in [4.69, 9.17) is 16.5 Å². The van der Waals surface area contributed by atoms with E-state index in [-0.39, 0.29) is 30.9 Å². The van der Waals surface area contributed by atoms with E-state index in [9.17, 15) is 19.5 Å². The number of unbranched alkanes of at least 4 members (excludes halogenated alkanes) is 2. The van der Waals surface area contributed by atoms with Gasteiger partial charge >= 0.3 is 0 Å². The molecule has 0 bridgehead atoms. The highest BCUT2D eigenvalue weighted by molar-refractivity contribution is 7.99. The molecule has 0 saturated heterocycles. The lowest BCUT2D eigenvalue weighted by Crippen LogP contribution is -2.41. The van der Waals surface area contributed by atoms with Gasteiger partial charge in [-0.2, -0.15) is 5.10 Å². The van der Waals surface area contributed by atoms with Gasteiger partial charge in [0.25, 0.3) is 5.56 Å². The van der Waals surface area contributed by atoms with Gasteiger partial charge in [0.05, 0.1) is 27.7 Å². The van der Waals surface area contributed by atoms with E-state index >= 15 is 0 Å². The summed E-state index contributed by atoms with van der Waals surface area (Å²) < 4.78 is 3.60. The van der Waals surface area contributed by atoms with Crippen molar-refractivity contribution in [3.8, 4) is 0 Å². The van der Waals surface area contributed by atoms with Crippen LogP contribution in [0.1, 0.15) is 63.6 Å².